The van der Waals surface area contributed by atoms with Crippen LogP contribution in [0.25, 0.3) is 0 Å². The molecule has 0 aliphatic carbocycles. The number of urea groups is 1. The Bertz CT molecular complexity index is 922. The Hall–Kier alpha value is -3.35. The lowest BCUT2D eigenvalue weighted by Crippen LogP contribution is -2.43. The largest absolute Gasteiger partial charge is 0.484 e. The van der Waals surface area contributed by atoms with Gasteiger partial charge >= 0.3 is 6.03 Å². The van der Waals surface area contributed by atoms with Crippen LogP contribution in [-0.4, -0.2) is 30.0 Å². The highest BCUT2D eigenvalue weighted by atomic mass is 16.5. The van der Waals surface area contributed by atoms with Gasteiger partial charge in [0.2, 0.25) is 0 Å². The Kier molecular flexibility index (Phi) is 6.40. The number of carbonyl (C=O) groups excluding carboxylic acids is 3. The first kappa shape index (κ1) is 21.4. The Morgan fingerprint density at radius 1 is 1.07 bits per heavy atom. The van der Waals surface area contributed by atoms with E-state index in [1.807, 2.05) is 36.4 Å². The van der Waals surface area contributed by atoms with E-state index >= 15 is 0 Å². The van der Waals surface area contributed by atoms with Crippen molar-refractivity contribution in [2.45, 2.75) is 45.1 Å². The third-order valence-electron chi connectivity index (χ3n) is 5.19. The van der Waals surface area contributed by atoms with E-state index in [1.54, 1.807) is 19.1 Å². The molecule has 3 N–H and O–H groups in total. The molecule has 0 spiro atoms. The highest BCUT2D eigenvalue weighted by Crippen LogP contribution is 2.20. The second kappa shape index (κ2) is 8.98. The van der Waals surface area contributed by atoms with E-state index < -0.39 is 11.6 Å². The van der Waals surface area contributed by atoms with Crippen LogP contribution in [0.15, 0.2) is 48.5 Å². The molecule has 0 bridgehead atoms. The predicted molar refractivity (Wildman–Crippen MR) is 114 cm³/mol. The van der Waals surface area contributed by atoms with Crippen LogP contribution in [0.5, 0.6) is 5.75 Å². The first-order valence-corrected chi connectivity index (χ1v) is 10.0. The molecule has 2 aromatic carbocycles. The van der Waals surface area contributed by atoms with Crippen molar-refractivity contribution in [3.8, 4) is 5.75 Å². The van der Waals surface area contributed by atoms with E-state index in [-0.39, 0.29) is 18.4 Å². The van der Waals surface area contributed by atoms with Gasteiger partial charge in [0.25, 0.3) is 11.8 Å². The maximum Gasteiger partial charge on any atom is 0.322 e. The Morgan fingerprint density at radius 2 is 1.73 bits per heavy atom. The summed E-state index contributed by atoms with van der Waals surface area (Å²) in [5, 5.41) is 7.73. The van der Waals surface area contributed by atoms with Gasteiger partial charge in [-0.3, -0.25) is 14.9 Å². The smallest absolute Gasteiger partial charge is 0.322 e. The molecule has 1 fully saturated rings. The number of hydrogen-bond donors (Lipinski definition) is 3. The van der Waals surface area contributed by atoms with Gasteiger partial charge in [-0.05, 0) is 61.1 Å². The number of anilines is 1. The summed E-state index contributed by atoms with van der Waals surface area (Å²) in [6, 6.07) is 14.7. The summed E-state index contributed by atoms with van der Waals surface area (Å²) in [4.78, 5) is 35.3. The number of benzene rings is 2. The molecule has 1 atom stereocenters. The van der Waals surface area contributed by atoms with Crippen LogP contribution in [0.3, 0.4) is 0 Å². The summed E-state index contributed by atoms with van der Waals surface area (Å²) < 4.78 is 5.55. The summed E-state index contributed by atoms with van der Waals surface area (Å²) in [5.74, 6) is 0.491. The molecular formula is C23H27N3O4. The Balaban J connectivity index is 1.45. The molecular weight excluding hydrogens is 382 g/mol. The number of rotatable bonds is 8. The molecule has 7 heteroatoms. The molecule has 0 aromatic heterocycles. The van der Waals surface area contributed by atoms with Crippen molar-refractivity contribution in [1.29, 1.82) is 0 Å². The third kappa shape index (κ3) is 5.37. The summed E-state index contributed by atoms with van der Waals surface area (Å²) in [7, 11) is 0. The molecule has 1 aliphatic heterocycles. The van der Waals surface area contributed by atoms with Crippen LogP contribution >= 0.6 is 0 Å². The lowest BCUT2D eigenvalue weighted by molar-refractivity contribution is -0.123. The van der Waals surface area contributed by atoms with Crippen molar-refractivity contribution >= 4 is 23.5 Å². The molecule has 158 valence electrons. The summed E-state index contributed by atoms with van der Waals surface area (Å²) >= 11 is 0. The fourth-order valence-electron chi connectivity index (χ4n) is 3.20. The second-order valence-electron chi connectivity index (χ2n) is 8.00. The molecule has 30 heavy (non-hydrogen) atoms. The van der Waals surface area contributed by atoms with E-state index in [4.69, 9.17) is 4.74 Å². The average Bonchev–Trinajstić information content (AvgIpc) is 2.97. The van der Waals surface area contributed by atoms with E-state index in [0.717, 1.165) is 11.3 Å². The summed E-state index contributed by atoms with van der Waals surface area (Å²) in [6.07, 6.45) is 1.11. The number of hydrogen-bond acceptors (Lipinski definition) is 4. The van der Waals surface area contributed by atoms with Crippen LogP contribution in [0.1, 0.15) is 44.2 Å². The maximum absolute atomic E-state index is 12.1. The predicted octanol–water partition coefficient (Wildman–Crippen LogP) is 3.36. The average molecular weight is 409 g/mol. The number of carbonyl (C=O) groups is 3. The first-order valence-electron chi connectivity index (χ1n) is 10.0. The van der Waals surface area contributed by atoms with Gasteiger partial charge in [0, 0.05) is 5.69 Å². The zero-order valence-corrected chi connectivity index (χ0v) is 17.5. The molecule has 1 saturated heterocycles. The van der Waals surface area contributed by atoms with E-state index in [9.17, 15) is 14.4 Å². The zero-order chi connectivity index (χ0) is 21.7. The minimum absolute atomic E-state index is 0.0877. The van der Waals surface area contributed by atoms with Gasteiger partial charge in [-0.1, -0.05) is 38.1 Å². The quantitative estimate of drug-likeness (QED) is 0.583. The van der Waals surface area contributed by atoms with E-state index in [2.05, 4.69) is 29.8 Å². The normalized spacial score (nSPS) is 18.1. The van der Waals surface area contributed by atoms with Crippen molar-refractivity contribution in [3.05, 3.63) is 59.7 Å². The molecule has 3 rings (SSSR count). The minimum Gasteiger partial charge on any atom is -0.484 e. The topological polar surface area (TPSA) is 96.5 Å². The molecule has 0 radical (unpaired) electrons. The number of imide groups is 1. The fraction of sp³-hybridized carbons (Fsp3) is 0.348. The fourth-order valence-corrected chi connectivity index (χ4v) is 3.20. The molecule has 2 aromatic rings. The van der Waals surface area contributed by atoms with Crippen molar-refractivity contribution in [2.24, 2.45) is 0 Å². The SMILES string of the molecule is CC(C)c1ccc(NC(=O)COc2ccc(CCC3(C)NC(=O)NC3=O)cc2)cc1. The monoisotopic (exact) mass is 409 g/mol. The standard InChI is InChI=1S/C23H27N3O4/c1-15(2)17-6-8-18(9-7-17)24-20(27)14-30-19-10-4-16(5-11-19)12-13-23(3)21(28)25-22(29)26-23/h4-11,15H,12-14H2,1-3H3,(H,24,27)(H2,25,26,28,29). The highest BCUT2D eigenvalue weighted by molar-refractivity contribution is 6.06. The molecule has 1 aliphatic rings. The van der Waals surface area contributed by atoms with Gasteiger partial charge in [-0.15, -0.1) is 0 Å². The molecule has 1 unspecified atom stereocenters. The Morgan fingerprint density at radius 3 is 2.30 bits per heavy atom. The summed E-state index contributed by atoms with van der Waals surface area (Å²) in [5.41, 5.74) is 2.07. The van der Waals surface area contributed by atoms with Crippen LogP contribution in [0.4, 0.5) is 10.5 Å². The molecule has 7 nitrogen and oxygen atoms in total. The van der Waals surface area contributed by atoms with Gasteiger partial charge in [-0.2, -0.15) is 0 Å². The molecule has 0 saturated carbocycles. The number of aryl methyl sites for hydroxylation is 1. The summed E-state index contributed by atoms with van der Waals surface area (Å²) in [6.45, 7) is 5.86. The maximum atomic E-state index is 12.1. The Labute approximate surface area is 176 Å². The third-order valence-corrected chi connectivity index (χ3v) is 5.19. The zero-order valence-electron chi connectivity index (χ0n) is 17.5. The van der Waals surface area contributed by atoms with Gasteiger partial charge in [0.05, 0.1) is 0 Å². The van der Waals surface area contributed by atoms with Crippen LogP contribution in [-0.2, 0) is 16.0 Å². The molecule has 4 amide bonds. The van der Waals surface area contributed by atoms with Crippen molar-refractivity contribution < 1.29 is 19.1 Å². The molecule has 1 heterocycles. The van der Waals surface area contributed by atoms with E-state index in [0.29, 0.717) is 24.5 Å². The minimum atomic E-state index is -0.891. The van der Waals surface area contributed by atoms with Gasteiger partial charge in [-0.25, -0.2) is 4.79 Å². The lowest BCUT2D eigenvalue weighted by Gasteiger charge is -2.20. The second-order valence-corrected chi connectivity index (χ2v) is 8.00. The van der Waals surface area contributed by atoms with Gasteiger partial charge in [0.15, 0.2) is 6.61 Å². The van der Waals surface area contributed by atoms with Crippen LogP contribution in [0, 0.1) is 0 Å². The van der Waals surface area contributed by atoms with E-state index in [1.165, 1.54) is 5.56 Å². The lowest BCUT2D eigenvalue weighted by atomic mass is 9.93. The van der Waals surface area contributed by atoms with Crippen molar-refractivity contribution in [2.75, 3.05) is 11.9 Å². The van der Waals surface area contributed by atoms with Crippen LogP contribution in [0.2, 0.25) is 0 Å². The number of amides is 4. The number of nitrogens with one attached hydrogen (secondary N) is 3. The van der Waals surface area contributed by atoms with Crippen molar-refractivity contribution in [3.63, 3.8) is 0 Å². The van der Waals surface area contributed by atoms with Gasteiger partial charge in [0.1, 0.15) is 11.3 Å². The van der Waals surface area contributed by atoms with Crippen molar-refractivity contribution in [1.82, 2.24) is 10.6 Å². The highest BCUT2D eigenvalue weighted by Gasteiger charge is 2.41. The first-order chi connectivity index (χ1) is 14.2. The van der Waals surface area contributed by atoms with Crippen LogP contribution < -0.4 is 20.7 Å². The number of ether oxygens (including phenoxy) is 1. The van der Waals surface area contributed by atoms with Gasteiger partial charge < -0.3 is 15.4 Å².